The Morgan fingerprint density at radius 3 is 2.48 bits per heavy atom. The summed E-state index contributed by atoms with van der Waals surface area (Å²) in [5.74, 6) is -0.669. The van der Waals surface area contributed by atoms with Gasteiger partial charge in [-0.1, -0.05) is 23.2 Å². The third-order valence-corrected chi connectivity index (χ3v) is 5.08. The standard InChI is InChI=1S/C19H14Cl2N2O5S/c1-27-12-4-2-11(3-5-12)22-19-23-18(26)15(29-19)8-10-6-13(20)17(14(21)7-10)28-9-16(24)25/h2-8H,9H2,1H3,(H,24,25)(H,22,23,26)/b15-8+. The number of methoxy groups -OCH3 is 1. The largest absolute Gasteiger partial charge is 0.497 e. The highest BCUT2D eigenvalue weighted by Gasteiger charge is 2.24. The highest BCUT2D eigenvalue weighted by atomic mass is 35.5. The number of nitrogens with zero attached hydrogens (tertiary/aromatic N) is 1. The maximum Gasteiger partial charge on any atom is 0.341 e. The number of amidine groups is 1. The Morgan fingerprint density at radius 1 is 1.24 bits per heavy atom. The predicted molar refractivity (Wildman–Crippen MR) is 113 cm³/mol. The molecule has 1 saturated heterocycles. The van der Waals surface area contributed by atoms with E-state index in [2.05, 4.69) is 10.3 Å². The summed E-state index contributed by atoms with van der Waals surface area (Å²) in [7, 11) is 1.58. The van der Waals surface area contributed by atoms with Crippen LogP contribution in [0.4, 0.5) is 5.69 Å². The summed E-state index contributed by atoms with van der Waals surface area (Å²) in [6.45, 7) is -0.566. The van der Waals surface area contributed by atoms with Gasteiger partial charge in [0.25, 0.3) is 5.91 Å². The van der Waals surface area contributed by atoms with Gasteiger partial charge in [-0.3, -0.25) is 4.79 Å². The number of hydrogen-bond donors (Lipinski definition) is 2. The topological polar surface area (TPSA) is 97.2 Å². The second-order valence-corrected chi connectivity index (χ2v) is 7.52. The van der Waals surface area contributed by atoms with Gasteiger partial charge in [-0.25, -0.2) is 9.79 Å². The summed E-state index contributed by atoms with van der Waals surface area (Å²) in [6.07, 6.45) is 1.61. The molecule has 1 aliphatic heterocycles. The molecule has 150 valence electrons. The lowest BCUT2D eigenvalue weighted by Crippen LogP contribution is -2.19. The summed E-state index contributed by atoms with van der Waals surface area (Å²) in [4.78, 5) is 27.7. The molecular formula is C19H14Cl2N2O5S. The van der Waals surface area contributed by atoms with Crippen LogP contribution in [0.2, 0.25) is 10.0 Å². The number of halogens is 2. The molecule has 0 atom stereocenters. The molecule has 1 fully saturated rings. The van der Waals surface area contributed by atoms with Crippen LogP contribution in [0.5, 0.6) is 11.5 Å². The van der Waals surface area contributed by atoms with Crippen molar-refractivity contribution in [1.82, 2.24) is 5.32 Å². The Labute approximate surface area is 180 Å². The average molecular weight is 453 g/mol. The molecule has 1 heterocycles. The van der Waals surface area contributed by atoms with E-state index in [1.807, 2.05) is 0 Å². The molecule has 2 aromatic rings. The van der Waals surface area contributed by atoms with Crippen LogP contribution in [0.1, 0.15) is 5.56 Å². The number of thioether (sulfide) groups is 1. The van der Waals surface area contributed by atoms with Gasteiger partial charge in [0.05, 0.1) is 27.7 Å². The van der Waals surface area contributed by atoms with E-state index in [4.69, 9.17) is 37.8 Å². The van der Waals surface area contributed by atoms with Crippen LogP contribution in [0, 0.1) is 0 Å². The molecule has 0 spiro atoms. The molecule has 1 aliphatic rings. The number of carbonyl (C=O) groups is 2. The molecule has 0 aliphatic carbocycles. The van der Waals surface area contributed by atoms with Crippen molar-refractivity contribution >= 4 is 63.8 Å². The van der Waals surface area contributed by atoms with Crippen LogP contribution in [0.15, 0.2) is 46.3 Å². The smallest absolute Gasteiger partial charge is 0.341 e. The second-order valence-electron chi connectivity index (χ2n) is 5.68. The van der Waals surface area contributed by atoms with Crippen molar-refractivity contribution in [3.63, 3.8) is 0 Å². The Hall–Kier alpha value is -2.68. The fraction of sp³-hybridized carbons (Fsp3) is 0.105. The van der Waals surface area contributed by atoms with Crippen molar-refractivity contribution in [2.24, 2.45) is 4.99 Å². The van der Waals surface area contributed by atoms with E-state index < -0.39 is 12.6 Å². The number of hydrogen-bond acceptors (Lipinski definition) is 6. The van der Waals surface area contributed by atoms with Gasteiger partial charge in [-0.2, -0.15) is 0 Å². The zero-order chi connectivity index (χ0) is 21.0. The minimum absolute atomic E-state index is 0.0724. The van der Waals surface area contributed by atoms with E-state index in [0.29, 0.717) is 27.1 Å². The maximum atomic E-state index is 12.2. The third kappa shape index (κ3) is 5.44. The first kappa shape index (κ1) is 21.0. The number of carboxylic acids is 1. The van der Waals surface area contributed by atoms with Gasteiger partial charge < -0.3 is 19.9 Å². The molecule has 2 aromatic carbocycles. The number of carbonyl (C=O) groups excluding carboxylic acids is 1. The molecule has 1 amide bonds. The Balaban J connectivity index is 1.79. The van der Waals surface area contributed by atoms with Gasteiger partial charge in [0, 0.05) is 0 Å². The van der Waals surface area contributed by atoms with Gasteiger partial charge in [0.15, 0.2) is 17.5 Å². The molecule has 0 unspecified atom stereocenters. The first-order valence-electron chi connectivity index (χ1n) is 8.13. The van der Waals surface area contributed by atoms with Crippen molar-refractivity contribution in [2.75, 3.05) is 13.7 Å². The van der Waals surface area contributed by atoms with E-state index in [-0.39, 0.29) is 21.7 Å². The van der Waals surface area contributed by atoms with Gasteiger partial charge in [-0.05, 0) is 59.8 Å². The zero-order valence-electron chi connectivity index (χ0n) is 14.9. The molecule has 0 saturated carbocycles. The summed E-state index contributed by atoms with van der Waals surface area (Å²) in [6, 6.07) is 10.2. The summed E-state index contributed by atoms with van der Waals surface area (Å²) >= 11 is 13.4. The average Bonchev–Trinajstić information content (AvgIpc) is 3.00. The maximum absolute atomic E-state index is 12.2. The lowest BCUT2D eigenvalue weighted by Gasteiger charge is -2.09. The molecule has 7 nitrogen and oxygen atoms in total. The van der Waals surface area contributed by atoms with Crippen LogP contribution in [0.25, 0.3) is 6.08 Å². The summed E-state index contributed by atoms with van der Waals surface area (Å²) in [5.41, 5.74) is 1.23. The minimum Gasteiger partial charge on any atom is -0.497 e. The molecular weight excluding hydrogens is 439 g/mol. The number of amides is 1. The number of ether oxygens (including phenoxy) is 2. The van der Waals surface area contributed by atoms with Crippen LogP contribution >= 0.6 is 35.0 Å². The molecule has 2 N–H and O–H groups in total. The fourth-order valence-electron chi connectivity index (χ4n) is 2.34. The van der Waals surface area contributed by atoms with Crippen molar-refractivity contribution < 1.29 is 24.2 Å². The van der Waals surface area contributed by atoms with Crippen LogP contribution in [-0.2, 0) is 9.59 Å². The SMILES string of the molecule is COc1ccc(N=C2NC(=O)/C(=C\c3cc(Cl)c(OCC(=O)O)c(Cl)c3)S2)cc1. The number of rotatable bonds is 6. The monoisotopic (exact) mass is 452 g/mol. The number of aliphatic carboxylic acids is 1. The Morgan fingerprint density at radius 2 is 1.90 bits per heavy atom. The lowest BCUT2D eigenvalue weighted by molar-refractivity contribution is -0.139. The van der Waals surface area contributed by atoms with Crippen molar-refractivity contribution in [1.29, 1.82) is 0 Å². The first-order valence-corrected chi connectivity index (χ1v) is 9.70. The fourth-order valence-corrected chi connectivity index (χ4v) is 3.80. The zero-order valence-corrected chi connectivity index (χ0v) is 17.3. The van der Waals surface area contributed by atoms with Crippen molar-refractivity contribution in [3.8, 4) is 11.5 Å². The number of nitrogens with one attached hydrogen (secondary N) is 1. The first-order chi connectivity index (χ1) is 13.9. The molecule has 0 bridgehead atoms. The van der Waals surface area contributed by atoms with Crippen LogP contribution in [-0.4, -0.2) is 35.9 Å². The highest BCUT2D eigenvalue weighted by molar-refractivity contribution is 8.18. The van der Waals surface area contributed by atoms with Crippen molar-refractivity contribution in [3.05, 3.63) is 56.9 Å². The minimum atomic E-state index is -1.15. The van der Waals surface area contributed by atoms with Crippen LogP contribution < -0.4 is 14.8 Å². The van der Waals surface area contributed by atoms with Gasteiger partial charge in [-0.15, -0.1) is 0 Å². The number of aliphatic imine (C=N–C) groups is 1. The van der Waals surface area contributed by atoms with E-state index in [1.54, 1.807) is 37.5 Å². The number of carboxylic acid groups (broad SMARTS) is 1. The van der Waals surface area contributed by atoms with Gasteiger partial charge in [0.2, 0.25) is 0 Å². The van der Waals surface area contributed by atoms with E-state index in [9.17, 15) is 9.59 Å². The molecule has 29 heavy (non-hydrogen) atoms. The summed E-state index contributed by atoms with van der Waals surface area (Å²) in [5, 5.41) is 12.1. The molecule has 3 rings (SSSR count). The highest BCUT2D eigenvalue weighted by Crippen LogP contribution is 2.36. The molecule has 0 radical (unpaired) electrons. The van der Waals surface area contributed by atoms with E-state index in [1.165, 1.54) is 23.9 Å². The van der Waals surface area contributed by atoms with Crippen molar-refractivity contribution in [2.45, 2.75) is 0 Å². The third-order valence-electron chi connectivity index (χ3n) is 3.61. The van der Waals surface area contributed by atoms with E-state index in [0.717, 1.165) is 0 Å². The quantitative estimate of drug-likeness (QED) is 0.631. The molecule has 0 aromatic heterocycles. The summed E-state index contributed by atoms with van der Waals surface area (Å²) < 4.78 is 10.2. The normalized spacial score (nSPS) is 16.2. The lowest BCUT2D eigenvalue weighted by atomic mass is 10.2. The van der Waals surface area contributed by atoms with Gasteiger partial charge in [0.1, 0.15) is 5.75 Å². The Kier molecular flexibility index (Phi) is 6.68. The molecule has 10 heteroatoms. The number of benzene rings is 2. The predicted octanol–water partition coefficient (Wildman–Crippen LogP) is 4.36. The van der Waals surface area contributed by atoms with E-state index >= 15 is 0 Å². The van der Waals surface area contributed by atoms with Gasteiger partial charge >= 0.3 is 5.97 Å². The Bertz CT molecular complexity index is 999. The van der Waals surface area contributed by atoms with Crippen LogP contribution in [0.3, 0.4) is 0 Å². The second kappa shape index (κ2) is 9.21.